The van der Waals surface area contributed by atoms with E-state index in [9.17, 15) is 9.18 Å². The van der Waals surface area contributed by atoms with E-state index in [1.165, 1.54) is 19.1 Å². The molecular formula is C22H22FN5O2. The van der Waals surface area contributed by atoms with Crippen molar-refractivity contribution in [3.05, 3.63) is 66.6 Å². The number of rotatable bonds is 5. The molecule has 1 aliphatic heterocycles. The molecule has 1 N–H and O–H groups in total. The van der Waals surface area contributed by atoms with Crippen molar-refractivity contribution >= 4 is 11.7 Å². The topological polar surface area (TPSA) is 72.3 Å². The standard InChI is InChI=1S/C22H22FN5O2/c1-14(29)25-20-12-17(8-9-24-20)21-19-13-27(15(2)30-3)10-11-28(19)26-22(21)16-4-6-18(23)7-5-16/h4-9,12H,2,10-11,13H2,1,3H3,(H,24,25,29). The molecule has 1 aromatic carbocycles. The van der Waals surface area contributed by atoms with Gasteiger partial charge in [0, 0.05) is 30.8 Å². The molecule has 3 heterocycles. The van der Waals surface area contributed by atoms with Crippen LogP contribution < -0.4 is 5.32 Å². The fourth-order valence-corrected chi connectivity index (χ4v) is 3.61. The first-order valence-corrected chi connectivity index (χ1v) is 9.53. The van der Waals surface area contributed by atoms with Gasteiger partial charge < -0.3 is 15.0 Å². The highest BCUT2D eigenvalue weighted by molar-refractivity contribution is 5.89. The molecule has 0 aliphatic carbocycles. The Labute approximate surface area is 173 Å². The van der Waals surface area contributed by atoms with Crippen molar-refractivity contribution in [2.75, 3.05) is 19.0 Å². The third-order valence-corrected chi connectivity index (χ3v) is 5.04. The Morgan fingerprint density at radius 2 is 1.97 bits per heavy atom. The zero-order valence-corrected chi connectivity index (χ0v) is 16.9. The van der Waals surface area contributed by atoms with E-state index in [0.29, 0.717) is 24.8 Å². The van der Waals surface area contributed by atoms with Crippen molar-refractivity contribution < 1.29 is 13.9 Å². The van der Waals surface area contributed by atoms with E-state index in [1.54, 1.807) is 25.4 Å². The highest BCUT2D eigenvalue weighted by Crippen LogP contribution is 2.37. The van der Waals surface area contributed by atoms with Gasteiger partial charge in [0.1, 0.15) is 17.3 Å². The average Bonchev–Trinajstić information content (AvgIpc) is 3.12. The largest absolute Gasteiger partial charge is 0.483 e. The smallest absolute Gasteiger partial charge is 0.222 e. The van der Waals surface area contributed by atoms with Crippen LogP contribution in [0.5, 0.6) is 0 Å². The molecule has 0 saturated heterocycles. The lowest BCUT2D eigenvalue weighted by molar-refractivity contribution is -0.114. The number of fused-ring (bicyclic) bond motifs is 1. The molecule has 0 saturated carbocycles. The molecule has 0 bridgehead atoms. The van der Waals surface area contributed by atoms with E-state index in [-0.39, 0.29) is 11.7 Å². The lowest BCUT2D eigenvalue weighted by Crippen LogP contribution is -2.33. The van der Waals surface area contributed by atoms with Crippen LogP contribution in [0.2, 0.25) is 0 Å². The minimum absolute atomic E-state index is 0.196. The highest BCUT2D eigenvalue weighted by Gasteiger charge is 2.27. The Kier molecular flexibility index (Phi) is 5.22. The van der Waals surface area contributed by atoms with Gasteiger partial charge in [-0.1, -0.05) is 0 Å². The molecule has 1 amide bonds. The van der Waals surface area contributed by atoms with Gasteiger partial charge in [-0.2, -0.15) is 5.10 Å². The minimum Gasteiger partial charge on any atom is -0.483 e. The second-order valence-electron chi connectivity index (χ2n) is 7.03. The second kappa shape index (κ2) is 7.98. The lowest BCUT2D eigenvalue weighted by atomic mass is 9.98. The van der Waals surface area contributed by atoms with Gasteiger partial charge in [0.25, 0.3) is 0 Å². The summed E-state index contributed by atoms with van der Waals surface area (Å²) in [5, 5.41) is 7.55. The maximum absolute atomic E-state index is 13.5. The normalized spacial score (nSPS) is 13.0. The Morgan fingerprint density at radius 3 is 2.67 bits per heavy atom. The maximum Gasteiger partial charge on any atom is 0.222 e. The summed E-state index contributed by atoms with van der Waals surface area (Å²) in [4.78, 5) is 17.7. The first-order valence-electron chi connectivity index (χ1n) is 9.53. The van der Waals surface area contributed by atoms with Gasteiger partial charge >= 0.3 is 0 Å². The molecule has 0 fully saturated rings. The molecule has 30 heavy (non-hydrogen) atoms. The molecule has 7 nitrogen and oxygen atoms in total. The zero-order valence-electron chi connectivity index (χ0n) is 16.9. The van der Waals surface area contributed by atoms with Crippen LogP contribution >= 0.6 is 0 Å². The third kappa shape index (κ3) is 3.76. The molecule has 2 aromatic heterocycles. The molecule has 3 aromatic rings. The number of ether oxygens (including phenoxy) is 1. The zero-order chi connectivity index (χ0) is 21.3. The van der Waals surface area contributed by atoms with Gasteiger partial charge in [0.2, 0.25) is 5.91 Å². The summed E-state index contributed by atoms with van der Waals surface area (Å²) in [5.74, 6) is 0.547. The summed E-state index contributed by atoms with van der Waals surface area (Å²) >= 11 is 0. The maximum atomic E-state index is 13.5. The first kappa shape index (κ1) is 19.6. The first-order chi connectivity index (χ1) is 14.5. The fraction of sp³-hybridized carbons (Fsp3) is 0.227. The van der Waals surface area contributed by atoms with E-state index < -0.39 is 0 Å². The SMILES string of the molecule is C=C(OC)N1CCn2nc(-c3ccc(F)cc3)c(-c3ccnc(NC(C)=O)c3)c2C1. The fourth-order valence-electron chi connectivity index (χ4n) is 3.61. The molecule has 154 valence electrons. The number of carbonyl (C=O) groups is 1. The highest BCUT2D eigenvalue weighted by atomic mass is 19.1. The van der Waals surface area contributed by atoms with Crippen LogP contribution in [0.15, 0.2) is 55.1 Å². The Hall–Kier alpha value is -3.68. The predicted molar refractivity (Wildman–Crippen MR) is 112 cm³/mol. The predicted octanol–water partition coefficient (Wildman–Crippen LogP) is 3.64. The van der Waals surface area contributed by atoms with Gasteiger partial charge in [-0.25, -0.2) is 9.37 Å². The number of nitrogens with zero attached hydrogens (tertiary/aromatic N) is 4. The molecule has 1 aliphatic rings. The summed E-state index contributed by atoms with van der Waals surface area (Å²) in [6.45, 7) is 7.35. The minimum atomic E-state index is -0.302. The molecule has 0 radical (unpaired) electrons. The summed E-state index contributed by atoms with van der Waals surface area (Å²) in [6.07, 6.45) is 1.65. The third-order valence-electron chi connectivity index (χ3n) is 5.04. The van der Waals surface area contributed by atoms with Crippen molar-refractivity contribution in [2.24, 2.45) is 0 Å². The van der Waals surface area contributed by atoms with Crippen LogP contribution in [0.4, 0.5) is 10.2 Å². The van der Waals surface area contributed by atoms with Crippen molar-refractivity contribution in [2.45, 2.75) is 20.0 Å². The van der Waals surface area contributed by atoms with Gasteiger partial charge in [-0.3, -0.25) is 9.48 Å². The molecule has 4 rings (SSSR count). The number of anilines is 1. The number of benzene rings is 1. The number of aromatic nitrogens is 3. The summed E-state index contributed by atoms with van der Waals surface area (Å²) in [7, 11) is 1.60. The number of amides is 1. The van der Waals surface area contributed by atoms with E-state index >= 15 is 0 Å². The monoisotopic (exact) mass is 407 g/mol. The molecule has 0 atom stereocenters. The van der Waals surface area contributed by atoms with Gasteiger partial charge in [-0.15, -0.1) is 0 Å². The number of pyridine rings is 1. The van der Waals surface area contributed by atoms with E-state index in [2.05, 4.69) is 16.9 Å². The van der Waals surface area contributed by atoms with Crippen LogP contribution in [0, 0.1) is 5.82 Å². The number of halogens is 1. The van der Waals surface area contributed by atoms with Crippen LogP contribution in [0.25, 0.3) is 22.4 Å². The van der Waals surface area contributed by atoms with Gasteiger partial charge in [0.05, 0.1) is 25.9 Å². The van der Waals surface area contributed by atoms with E-state index in [1.807, 2.05) is 21.7 Å². The van der Waals surface area contributed by atoms with Crippen molar-refractivity contribution in [1.82, 2.24) is 19.7 Å². The summed E-state index contributed by atoms with van der Waals surface area (Å²) < 4.78 is 20.8. The molecule has 0 unspecified atom stereocenters. The summed E-state index contributed by atoms with van der Waals surface area (Å²) in [5.41, 5.74) is 4.31. The van der Waals surface area contributed by atoms with Gasteiger partial charge in [-0.05, 0) is 48.5 Å². The number of nitrogens with one attached hydrogen (secondary N) is 1. The quantitative estimate of drug-likeness (QED) is 0.654. The van der Waals surface area contributed by atoms with Crippen LogP contribution in [0.3, 0.4) is 0 Å². The summed E-state index contributed by atoms with van der Waals surface area (Å²) in [6, 6.07) is 9.97. The number of methoxy groups -OCH3 is 1. The van der Waals surface area contributed by atoms with Crippen LogP contribution in [0.1, 0.15) is 12.6 Å². The molecule has 0 spiro atoms. The number of hydrogen-bond acceptors (Lipinski definition) is 5. The lowest BCUT2D eigenvalue weighted by Gasteiger charge is -2.30. The van der Waals surface area contributed by atoms with Crippen LogP contribution in [-0.2, 0) is 22.6 Å². The van der Waals surface area contributed by atoms with Crippen LogP contribution in [-0.4, -0.2) is 39.2 Å². The Bertz CT molecular complexity index is 1110. The number of carbonyl (C=O) groups excluding carboxylic acids is 1. The molecule has 8 heteroatoms. The molecular weight excluding hydrogens is 385 g/mol. The van der Waals surface area contributed by atoms with Crippen molar-refractivity contribution in [1.29, 1.82) is 0 Å². The second-order valence-corrected chi connectivity index (χ2v) is 7.03. The van der Waals surface area contributed by atoms with Gasteiger partial charge in [0.15, 0.2) is 5.88 Å². The Balaban J connectivity index is 1.86. The van der Waals surface area contributed by atoms with E-state index in [4.69, 9.17) is 9.84 Å². The van der Waals surface area contributed by atoms with E-state index in [0.717, 1.165) is 34.6 Å². The average molecular weight is 407 g/mol. The number of hydrogen-bond donors (Lipinski definition) is 1. The van der Waals surface area contributed by atoms with Crippen molar-refractivity contribution in [3.63, 3.8) is 0 Å². The van der Waals surface area contributed by atoms with Crippen molar-refractivity contribution in [3.8, 4) is 22.4 Å². The Morgan fingerprint density at radius 1 is 1.20 bits per heavy atom.